The van der Waals surface area contributed by atoms with Crippen LogP contribution in [-0.4, -0.2) is 57.9 Å². The minimum Gasteiger partial charge on any atom is -0.393 e. The molecule has 7 heteroatoms. The first kappa shape index (κ1) is 14.0. The van der Waals surface area contributed by atoms with Crippen LogP contribution in [0.25, 0.3) is 0 Å². The van der Waals surface area contributed by atoms with Crippen LogP contribution in [0.2, 0.25) is 0 Å². The number of nitrogens with zero attached hydrogens (tertiary/aromatic N) is 2. The third-order valence-electron chi connectivity index (χ3n) is 3.61. The molecule has 0 radical (unpaired) electrons. The Morgan fingerprint density at radius 2 is 2.37 bits per heavy atom. The molecule has 1 fully saturated rings. The van der Waals surface area contributed by atoms with E-state index in [4.69, 9.17) is 10.5 Å². The maximum atomic E-state index is 11.6. The summed E-state index contributed by atoms with van der Waals surface area (Å²) in [4.78, 5) is 16.9. The van der Waals surface area contributed by atoms with Crippen molar-refractivity contribution < 1.29 is 19.7 Å². The highest BCUT2D eigenvalue weighted by atomic mass is 16.6. The van der Waals surface area contributed by atoms with E-state index in [-0.39, 0.29) is 30.8 Å². The van der Waals surface area contributed by atoms with Crippen LogP contribution >= 0.6 is 0 Å². The van der Waals surface area contributed by atoms with Crippen LogP contribution in [0.4, 0.5) is 0 Å². The van der Waals surface area contributed by atoms with E-state index in [1.807, 2.05) is 6.92 Å². The number of hydrogen-bond acceptors (Lipinski definition) is 6. The lowest BCUT2D eigenvalue weighted by Gasteiger charge is -2.29. The number of hydrogen-bond donors (Lipinski definition) is 3. The first-order valence-corrected chi connectivity index (χ1v) is 6.15. The molecular formula is C12H19N3O4. The van der Waals surface area contributed by atoms with Gasteiger partial charge in [0.15, 0.2) is 0 Å². The molecule has 0 aromatic rings. The zero-order chi connectivity index (χ0) is 14.2. The van der Waals surface area contributed by atoms with Crippen molar-refractivity contribution in [2.24, 2.45) is 16.6 Å². The zero-order valence-electron chi connectivity index (χ0n) is 11.0. The van der Waals surface area contributed by atoms with Crippen molar-refractivity contribution in [2.45, 2.75) is 31.8 Å². The first-order chi connectivity index (χ1) is 8.87. The molecule has 1 saturated heterocycles. The zero-order valence-corrected chi connectivity index (χ0v) is 11.0. The average Bonchev–Trinajstić information content (AvgIpc) is 2.52. The molecule has 0 aromatic heterocycles. The summed E-state index contributed by atoms with van der Waals surface area (Å²) in [5.74, 6) is -0.483. The van der Waals surface area contributed by atoms with Gasteiger partial charge in [0.25, 0.3) is 5.91 Å². The number of nitrogens with two attached hydrogens (primary N) is 1. The van der Waals surface area contributed by atoms with Gasteiger partial charge in [-0.1, -0.05) is 6.92 Å². The summed E-state index contributed by atoms with van der Waals surface area (Å²) >= 11 is 0. The van der Waals surface area contributed by atoms with Crippen molar-refractivity contribution in [3.8, 4) is 0 Å². The van der Waals surface area contributed by atoms with Gasteiger partial charge in [-0.3, -0.25) is 4.79 Å². The third kappa shape index (κ3) is 2.49. The average molecular weight is 269 g/mol. The lowest BCUT2D eigenvalue weighted by atomic mass is 9.93. The van der Waals surface area contributed by atoms with E-state index in [0.717, 1.165) is 0 Å². The molecule has 2 aliphatic rings. The van der Waals surface area contributed by atoms with Crippen LogP contribution in [0, 0.1) is 5.92 Å². The lowest BCUT2D eigenvalue weighted by Crippen LogP contribution is -2.41. The minimum absolute atomic E-state index is 0.0282. The number of rotatable bonds is 2. The molecule has 2 heterocycles. The molecule has 2 aliphatic heterocycles. The Balaban J connectivity index is 2.19. The van der Waals surface area contributed by atoms with Gasteiger partial charge in [-0.15, -0.1) is 0 Å². The molecule has 0 bridgehead atoms. The second-order valence-electron chi connectivity index (χ2n) is 5.20. The largest absolute Gasteiger partial charge is 0.393 e. The van der Waals surface area contributed by atoms with Crippen molar-refractivity contribution in [1.82, 2.24) is 4.90 Å². The van der Waals surface area contributed by atoms with Gasteiger partial charge in [0, 0.05) is 12.1 Å². The van der Waals surface area contributed by atoms with E-state index < -0.39 is 17.9 Å². The highest BCUT2D eigenvalue weighted by Crippen LogP contribution is 2.36. The van der Waals surface area contributed by atoms with Crippen molar-refractivity contribution in [3.63, 3.8) is 0 Å². The fourth-order valence-electron chi connectivity index (χ4n) is 2.44. The third-order valence-corrected chi connectivity index (χ3v) is 3.61. The lowest BCUT2D eigenvalue weighted by molar-refractivity contribution is -0.136. The van der Waals surface area contributed by atoms with E-state index in [1.54, 1.807) is 18.0 Å². The fraction of sp³-hybridized carbons (Fsp3) is 0.667. The second kappa shape index (κ2) is 4.92. The number of aliphatic imine (C=N–C) groups is 1. The summed E-state index contributed by atoms with van der Waals surface area (Å²) in [5.41, 5.74) is 4.48. The highest BCUT2D eigenvalue weighted by Gasteiger charge is 2.51. The Kier molecular flexibility index (Phi) is 3.62. The van der Waals surface area contributed by atoms with Gasteiger partial charge < -0.3 is 25.6 Å². The van der Waals surface area contributed by atoms with Gasteiger partial charge in [0.05, 0.1) is 12.7 Å². The summed E-state index contributed by atoms with van der Waals surface area (Å²) < 4.78 is 5.73. The van der Waals surface area contributed by atoms with Crippen molar-refractivity contribution >= 4 is 11.7 Å². The molecule has 0 aliphatic carbocycles. The summed E-state index contributed by atoms with van der Waals surface area (Å²) in [7, 11) is 0. The molecule has 0 saturated carbocycles. The molecule has 2 rings (SSSR count). The Labute approximate surface area is 111 Å². The number of ether oxygens (including phenoxy) is 1. The predicted molar refractivity (Wildman–Crippen MR) is 68.0 cm³/mol. The van der Waals surface area contributed by atoms with Gasteiger partial charge in [-0.05, 0) is 13.0 Å². The maximum absolute atomic E-state index is 11.6. The van der Waals surface area contributed by atoms with Crippen LogP contribution in [0.3, 0.4) is 0 Å². The first-order valence-electron chi connectivity index (χ1n) is 6.15. The normalized spacial score (nSPS) is 39.4. The number of amidine groups is 1. The van der Waals surface area contributed by atoms with Crippen LogP contribution in [0.15, 0.2) is 17.3 Å². The Morgan fingerprint density at radius 3 is 2.95 bits per heavy atom. The van der Waals surface area contributed by atoms with E-state index in [1.165, 1.54) is 6.08 Å². The van der Waals surface area contributed by atoms with Crippen molar-refractivity contribution in [1.29, 1.82) is 0 Å². The highest BCUT2D eigenvalue weighted by molar-refractivity contribution is 6.01. The molecular weight excluding hydrogens is 250 g/mol. The smallest absolute Gasteiger partial charge is 0.267 e. The molecule has 1 amide bonds. The molecule has 106 valence electrons. The minimum atomic E-state index is -1.03. The van der Waals surface area contributed by atoms with Gasteiger partial charge in [-0.25, -0.2) is 0 Å². The SMILES string of the molecule is C[C@@H]1[C@H](N2C=CC(N)=NC(=O)C2)O[C@](C)(CO)[C@H]1O. The predicted octanol–water partition coefficient (Wildman–Crippen LogP) is -1.20. The second-order valence-corrected chi connectivity index (χ2v) is 5.20. The molecule has 0 spiro atoms. The van der Waals surface area contributed by atoms with Crippen LogP contribution in [0.5, 0.6) is 0 Å². The number of aliphatic hydroxyl groups is 2. The van der Waals surface area contributed by atoms with Gasteiger partial charge in [-0.2, -0.15) is 4.99 Å². The molecule has 4 N–H and O–H groups in total. The van der Waals surface area contributed by atoms with Gasteiger partial charge >= 0.3 is 0 Å². The summed E-state index contributed by atoms with van der Waals surface area (Å²) in [6.07, 6.45) is 1.82. The molecule has 0 aromatic carbocycles. The van der Waals surface area contributed by atoms with E-state index in [2.05, 4.69) is 4.99 Å². The van der Waals surface area contributed by atoms with Crippen molar-refractivity contribution in [3.05, 3.63) is 12.3 Å². The van der Waals surface area contributed by atoms with Crippen LogP contribution < -0.4 is 5.73 Å². The van der Waals surface area contributed by atoms with E-state index >= 15 is 0 Å². The van der Waals surface area contributed by atoms with Crippen molar-refractivity contribution in [2.75, 3.05) is 13.2 Å². The van der Waals surface area contributed by atoms with Gasteiger partial charge in [0.1, 0.15) is 24.2 Å². The van der Waals surface area contributed by atoms with Crippen LogP contribution in [-0.2, 0) is 9.53 Å². The Morgan fingerprint density at radius 1 is 1.68 bits per heavy atom. The molecule has 7 nitrogen and oxygen atoms in total. The number of carbonyl (C=O) groups is 1. The van der Waals surface area contributed by atoms with E-state index in [9.17, 15) is 15.0 Å². The molecule has 19 heavy (non-hydrogen) atoms. The Bertz CT molecular complexity index is 437. The summed E-state index contributed by atoms with van der Waals surface area (Å²) in [6, 6.07) is 0. The number of aliphatic hydroxyl groups excluding tert-OH is 2. The fourth-order valence-corrected chi connectivity index (χ4v) is 2.44. The summed E-state index contributed by atoms with van der Waals surface area (Å²) in [5, 5.41) is 19.5. The van der Waals surface area contributed by atoms with Gasteiger partial charge in [0.2, 0.25) is 0 Å². The standard InChI is InChI=1S/C12H19N3O4/c1-7-10(18)12(2,6-16)19-11(7)15-4-3-8(13)14-9(17)5-15/h3-4,7,10-11,16,18H,5-6H2,1-2H3,(H2,13,14,17)/t7-,10-,11+,12+/m0/s1. The van der Waals surface area contributed by atoms with Crippen LogP contribution in [0.1, 0.15) is 13.8 Å². The summed E-state index contributed by atoms with van der Waals surface area (Å²) in [6.45, 7) is 3.19. The monoisotopic (exact) mass is 269 g/mol. The number of carbonyl (C=O) groups excluding carboxylic acids is 1. The topological polar surface area (TPSA) is 108 Å². The Hall–Kier alpha value is -1.44. The number of amides is 1. The quantitative estimate of drug-likeness (QED) is 0.581. The van der Waals surface area contributed by atoms with E-state index in [0.29, 0.717) is 0 Å². The molecule has 0 unspecified atom stereocenters. The molecule has 4 atom stereocenters. The maximum Gasteiger partial charge on any atom is 0.267 e.